The Hall–Kier alpha value is -2.28. The number of rotatable bonds is 2. The zero-order valence-corrected chi connectivity index (χ0v) is 12.7. The number of methoxy groups -OCH3 is 1. The molecular formula is C16H18N2O5. The molecule has 2 bridgehead atoms. The van der Waals surface area contributed by atoms with E-state index in [9.17, 15) is 14.7 Å². The van der Waals surface area contributed by atoms with Gasteiger partial charge in [0.05, 0.1) is 18.7 Å². The van der Waals surface area contributed by atoms with Gasteiger partial charge in [-0.3, -0.25) is 4.79 Å². The lowest BCUT2D eigenvalue weighted by Crippen LogP contribution is -2.47. The first-order valence-corrected chi connectivity index (χ1v) is 7.78. The van der Waals surface area contributed by atoms with Crippen LogP contribution in [0.25, 0.3) is 11.1 Å². The number of aromatic nitrogens is 1. The number of H-pyrrole nitrogens is 1. The molecule has 3 atom stereocenters. The largest absolute Gasteiger partial charge is 0.464 e. The molecule has 0 spiro atoms. The minimum absolute atomic E-state index is 0.0883. The van der Waals surface area contributed by atoms with Crippen LogP contribution >= 0.6 is 0 Å². The summed E-state index contributed by atoms with van der Waals surface area (Å²) in [7, 11) is 1.31. The summed E-state index contributed by atoms with van der Waals surface area (Å²) in [4.78, 5) is 29.0. The zero-order valence-electron chi connectivity index (χ0n) is 12.7. The molecule has 4 heterocycles. The third kappa shape index (κ3) is 2.23. The Morgan fingerprint density at radius 2 is 2.00 bits per heavy atom. The SMILES string of the molecule is COC(=O)c1cc2oc(C(=O)N3[C@@H]4CC[C@H]3CC(O)C4)cc2[nH]1. The molecule has 2 saturated heterocycles. The second-order valence-electron chi connectivity index (χ2n) is 6.29. The summed E-state index contributed by atoms with van der Waals surface area (Å²) in [6.45, 7) is 0. The molecule has 1 amide bonds. The number of esters is 1. The number of amides is 1. The standard InChI is InChI=1S/C16H18N2O5/c1-22-16(21)12-7-13-11(17-12)6-14(23-13)15(20)18-8-2-3-9(18)5-10(19)4-8/h6-10,17,19H,2-5H2,1H3/t8-,9+,10?. The topological polar surface area (TPSA) is 95.8 Å². The molecule has 2 aromatic heterocycles. The Morgan fingerprint density at radius 1 is 1.30 bits per heavy atom. The Bertz CT molecular complexity index is 731. The van der Waals surface area contributed by atoms with Crippen molar-refractivity contribution < 1.29 is 23.8 Å². The van der Waals surface area contributed by atoms with E-state index in [2.05, 4.69) is 9.72 Å². The highest BCUT2D eigenvalue weighted by molar-refractivity contribution is 5.98. The Kier molecular flexibility index (Phi) is 3.19. The predicted molar refractivity (Wildman–Crippen MR) is 80.1 cm³/mol. The van der Waals surface area contributed by atoms with Crippen LogP contribution in [-0.2, 0) is 4.74 Å². The van der Waals surface area contributed by atoms with E-state index < -0.39 is 5.97 Å². The van der Waals surface area contributed by atoms with Gasteiger partial charge < -0.3 is 24.1 Å². The fourth-order valence-electron chi connectivity index (χ4n) is 3.85. The second kappa shape index (κ2) is 5.13. The van der Waals surface area contributed by atoms with Crippen molar-refractivity contribution in [2.24, 2.45) is 0 Å². The van der Waals surface area contributed by atoms with Gasteiger partial charge in [0.1, 0.15) is 5.69 Å². The molecule has 7 nitrogen and oxygen atoms in total. The van der Waals surface area contributed by atoms with E-state index in [0.29, 0.717) is 29.6 Å². The van der Waals surface area contributed by atoms with E-state index in [1.165, 1.54) is 13.2 Å². The molecule has 0 aromatic carbocycles. The summed E-state index contributed by atoms with van der Waals surface area (Å²) < 4.78 is 10.3. The van der Waals surface area contributed by atoms with Crippen LogP contribution < -0.4 is 0 Å². The number of hydrogen-bond donors (Lipinski definition) is 2. The number of nitrogens with zero attached hydrogens (tertiary/aromatic N) is 1. The molecule has 0 saturated carbocycles. The van der Waals surface area contributed by atoms with Crippen molar-refractivity contribution in [3.63, 3.8) is 0 Å². The lowest BCUT2D eigenvalue weighted by Gasteiger charge is -2.36. The summed E-state index contributed by atoms with van der Waals surface area (Å²) in [5, 5.41) is 9.84. The number of fused-ring (bicyclic) bond motifs is 3. The van der Waals surface area contributed by atoms with Crippen molar-refractivity contribution in [1.29, 1.82) is 0 Å². The number of nitrogens with one attached hydrogen (secondary N) is 1. The molecule has 2 aliphatic heterocycles. The molecule has 0 radical (unpaired) electrons. The third-order valence-corrected chi connectivity index (χ3v) is 4.86. The van der Waals surface area contributed by atoms with Gasteiger partial charge in [-0.1, -0.05) is 0 Å². The summed E-state index contributed by atoms with van der Waals surface area (Å²) in [6.07, 6.45) is 2.81. The fourth-order valence-corrected chi connectivity index (χ4v) is 3.85. The summed E-state index contributed by atoms with van der Waals surface area (Å²) in [6, 6.07) is 3.33. The van der Waals surface area contributed by atoms with E-state index in [-0.39, 0.29) is 29.9 Å². The maximum Gasteiger partial charge on any atom is 0.354 e. The minimum Gasteiger partial charge on any atom is -0.464 e. The number of carbonyl (C=O) groups is 2. The lowest BCUT2D eigenvalue weighted by molar-refractivity contribution is 0.0266. The molecule has 7 heteroatoms. The van der Waals surface area contributed by atoms with Crippen molar-refractivity contribution >= 4 is 23.0 Å². The monoisotopic (exact) mass is 318 g/mol. The first-order valence-electron chi connectivity index (χ1n) is 7.78. The number of furan rings is 1. The maximum atomic E-state index is 12.8. The van der Waals surface area contributed by atoms with Crippen molar-refractivity contribution in [3.8, 4) is 0 Å². The predicted octanol–water partition coefficient (Wildman–Crippen LogP) is 1.68. The molecule has 2 aromatic rings. The molecule has 122 valence electrons. The van der Waals surface area contributed by atoms with Crippen LogP contribution in [0.15, 0.2) is 16.5 Å². The van der Waals surface area contributed by atoms with Gasteiger partial charge >= 0.3 is 5.97 Å². The minimum atomic E-state index is -0.479. The number of piperidine rings is 1. The Morgan fingerprint density at radius 3 is 2.61 bits per heavy atom. The van der Waals surface area contributed by atoms with Gasteiger partial charge in [0.25, 0.3) is 5.91 Å². The average Bonchev–Trinajstić information content (AvgIpc) is 3.16. The smallest absolute Gasteiger partial charge is 0.354 e. The van der Waals surface area contributed by atoms with Crippen LogP contribution in [0.3, 0.4) is 0 Å². The van der Waals surface area contributed by atoms with Crippen molar-refractivity contribution in [2.75, 3.05) is 7.11 Å². The van der Waals surface area contributed by atoms with Crippen LogP contribution in [0.5, 0.6) is 0 Å². The van der Waals surface area contributed by atoms with Gasteiger partial charge in [-0.15, -0.1) is 0 Å². The van der Waals surface area contributed by atoms with Crippen LogP contribution in [0.2, 0.25) is 0 Å². The molecule has 4 rings (SSSR count). The highest BCUT2D eigenvalue weighted by Gasteiger charge is 2.43. The first kappa shape index (κ1) is 14.3. The van der Waals surface area contributed by atoms with Crippen molar-refractivity contribution in [2.45, 2.75) is 43.9 Å². The number of carbonyl (C=O) groups excluding carboxylic acids is 2. The van der Waals surface area contributed by atoms with Crippen molar-refractivity contribution in [3.05, 3.63) is 23.6 Å². The molecule has 2 N–H and O–H groups in total. The summed E-state index contributed by atoms with van der Waals surface area (Å²) in [5.41, 5.74) is 1.35. The zero-order chi connectivity index (χ0) is 16.1. The van der Waals surface area contributed by atoms with E-state index in [4.69, 9.17) is 4.42 Å². The highest BCUT2D eigenvalue weighted by Crippen LogP contribution is 2.37. The Balaban J connectivity index is 1.60. The van der Waals surface area contributed by atoms with E-state index >= 15 is 0 Å². The fraction of sp³-hybridized carbons (Fsp3) is 0.500. The van der Waals surface area contributed by atoms with Gasteiger partial charge in [-0.2, -0.15) is 0 Å². The van der Waals surface area contributed by atoms with Gasteiger partial charge in [0.2, 0.25) is 0 Å². The average molecular weight is 318 g/mol. The van der Waals surface area contributed by atoms with Crippen LogP contribution in [-0.4, -0.2) is 52.2 Å². The van der Waals surface area contributed by atoms with E-state index in [1.807, 2.05) is 4.90 Å². The van der Waals surface area contributed by atoms with Gasteiger partial charge in [0, 0.05) is 24.2 Å². The molecule has 2 fully saturated rings. The number of aliphatic hydroxyl groups excluding tert-OH is 1. The number of aromatic amines is 1. The molecule has 23 heavy (non-hydrogen) atoms. The summed E-state index contributed by atoms with van der Waals surface area (Å²) in [5.74, 6) is -0.364. The van der Waals surface area contributed by atoms with Crippen molar-refractivity contribution in [1.82, 2.24) is 9.88 Å². The van der Waals surface area contributed by atoms with Gasteiger partial charge in [-0.25, -0.2) is 4.79 Å². The third-order valence-electron chi connectivity index (χ3n) is 4.86. The Labute approximate surface area is 132 Å². The van der Waals surface area contributed by atoms with Gasteiger partial charge in [0.15, 0.2) is 11.3 Å². The van der Waals surface area contributed by atoms with Crippen LogP contribution in [0.4, 0.5) is 0 Å². The lowest BCUT2D eigenvalue weighted by atomic mass is 9.99. The quantitative estimate of drug-likeness (QED) is 0.821. The van der Waals surface area contributed by atoms with Gasteiger partial charge in [-0.05, 0) is 25.7 Å². The van der Waals surface area contributed by atoms with E-state index in [1.54, 1.807) is 6.07 Å². The van der Waals surface area contributed by atoms with E-state index in [0.717, 1.165) is 12.8 Å². The number of hydrogen-bond acceptors (Lipinski definition) is 5. The molecule has 1 unspecified atom stereocenters. The first-order chi connectivity index (χ1) is 11.1. The van der Waals surface area contributed by atoms with Crippen LogP contribution in [0.1, 0.15) is 46.7 Å². The highest BCUT2D eigenvalue weighted by atomic mass is 16.5. The maximum absolute atomic E-state index is 12.8. The number of aliphatic hydroxyl groups is 1. The number of ether oxygens (including phenoxy) is 1. The second-order valence-corrected chi connectivity index (χ2v) is 6.29. The molecule has 2 aliphatic rings. The molecule has 0 aliphatic carbocycles. The normalized spacial score (nSPS) is 26.7. The van der Waals surface area contributed by atoms with Crippen LogP contribution in [0, 0.1) is 0 Å². The summed E-state index contributed by atoms with van der Waals surface area (Å²) >= 11 is 0. The molecular weight excluding hydrogens is 300 g/mol.